The molecule has 0 aliphatic heterocycles. The summed E-state index contributed by atoms with van der Waals surface area (Å²) in [5.74, 6) is -0.203. The van der Waals surface area contributed by atoms with Gasteiger partial charge in [-0.3, -0.25) is 14.4 Å². The lowest BCUT2D eigenvalue weighted by Crippen LogP contribution is -2.50. The lowest BCUT2D eigenvalue weighted by atomic mass is 10.0. The predicted molar refractivity (Wildman–Crippen MR) is 131 cm³/mol. The van der Waals surface area contributed by atoms with E-state index in [0.717, 1.165) is 29.3 Å². The summed E-state index contributed by atoms with van der Waals surface area (Å²) >= 11 is 1.03. The van der Waals surface area contributed by atoms with Gasteiger partial charge in [0.25, 0.3) is 0 Å². The molecule has 2 aromatic carbocycles. The van der Waals surface area contributed by atoms with Gasteiger partial charge in [0, 0.05) is 13.5 Å². The minimum atomic E-state index is -0.620. The highest BCUT2D eigenvalue weighted by atomic mass is 32.2. The molecule has 2 unspecified atom stereocenters. The Bertz CT molecular complexity index is 856. The molecule has 0 spiro atoms. The van der Waals surface area contributed by atoms with Crippen LogP contribution in [0.25, 0.3) is 0 Å². The first-order valence-corrected chi connectivity index (χ1v) is 12.1. The number of rotatable bonds is 12. The first-order chi connectivity index (χ1) is 15.3. The van der Waals surface area contributed by atoms with Crippen LogP contribution in [-0.2, 0) is 27.2 Å². The maximum Gasteiger partial charge on any atom is 0.242 e. The monoisotopic (exact) mass is 454 g/mol. The SMILES string of the molecule is CC(=O)SC(CCc1ccccc1)C(=O)NC(CC(C)C)C(=O)NCCc1ccccc1. The molecule has 32 heavy (non-hydrogen) atoms. The fourth-order valence-corrected chi connectivity index (χ4v) is 4.26. The van der Waals surface area contributed by atoms with Gasteiger partial charge >= 0.3 is 0 Å². The van der Waals surface area contributed by atoms with Gasteiger partial charge in [0.2, 0.25) is 11.8 Å². The molecule has 2 N–H and O–H groups in total. The minimum absolute atomic E-state index is 0.106. The number of aryl methyl sites for hydroxylation is 1. The number of hydrogen-bond acceptors (Lipinski definition) is 4. The molecule has 0 heterocycles. The largest absolute Gasteiger partial charge is 0.354 e. The Morgan fingerprint density at radius 3 is 1.94 bits per heavy atom. The lowest BCUT2D eigenvalue weighted by molar-refractivity contribution is -0.129. The van der Waals surface area contributed by atoms with Crippen molar-refractivity contribution in [3.63, 3.8) is 0 Å². The molecule has 0 fully saturated rings. The summed E-state index contributed by atoms with van der Waals surface area (Å²) in [7, 11) is 0. The van der Waals surface area contributed by atoms with Gasteiger partial charge in [-0.05, 0) is 42.7 Å². The van der Waals surface area contributed by atoms with Crippen molar-refractivity contribution in [2.75, 3.05) is 6.54 Å². The molecule has 0 radical (unpaired) electrons. The summed E-state index contributed by atoms with van der Waals surface area (Å²) < 4.78 is 0. The summed E-state index contributed by atoms with van der Waals surface area (Å²) in [5, 5.41) is 5.23. The van der Waals surface area contributed by atoms with Gasteiger partial charge in [-0.1, -0.05) is 86.3 Å². The molecule has 0 aliphatic rings. The van der Waals surface area contributed by atoms with Crippen LogP contribution in [0.2, 0.25) is 0 Å². The van der Waals surface area contributed by atoms with E-state index in [9.17, 15) is 14.4 Å². The average molecular weight is 455 g/mol. The summed E-state index contributed by atoms with van der Waals surface area (Å²) in [5.41, 5.74) is 2.27. The van der Waals surface area contributed by atoms with Crippen molar-refractivity contribution >= 4 is 28.7 Å². The molecular formula is C26H34N2O3S. The first-order valence-electron chi connectivity index (χ1n) is 11.2. The van der Waals surface area contributed by atoms with E-state index < -0.39 is 11.3 Å². The number of carbonyl (C=O) groups excluding carboxylic acids is 3. The fourth-order valence-electron chi connectivity index (χ4n) is 3.45. The Kier molecular flexibility index (Phi) is 11.0. The van der Waals surface area contributed by atoms with Crippen molar-refractivity contribution in [1.29, 1.82) is 0 Å². The van der Waals surface area contributed by atoms with Gasteiger partial charge in [0.15, 0.2) is 5.12 Å². The van der Waals surface area contributed by atoms with Crippen LogP contribution in [-0.4, -0.2) is 34.8 Å². The van der Waals surface area contributed by atoms with Crippen LogP contribution in [0.5, 0.6) is 0 Å². The molecule has 172 valence electrons. The second-order valence-electron chi connectivity index (χ2n) is 8.34. The van der Waals surface area contributed by atoms with Crippen LogP contribution in [0, 0.1) is 5.92 Å². The third-order valence-electron chi connectivity index (χ3n) is 5.03. The van der Waals surface area contributed by atoms with Crippen molar-refractivity contribution in [2.24, 2.45) is 5.92 Å². The van der Waals surface area contributed by atoms with E-state index >= 15 is 0 Å². The van der Waals surface area contributed by atoms with Crippen LogP contribution >= 0.6 is 11.8 Å². The van der Waals surface area contributed by atoms with Gasteiger partial charge in [0.05, 0.1) is 5.25 Å². The summed E-state index contributed by atoms with van der Waals surface area (Å²) in [6.45, 7) is 6.02. The van der Waals surface area contributed by atoms with E-state index in [1.54, 1.807) is 0 Å². The Morgan fingerprint density at radius 1 is 0.844 bits per heavy atom. The molecule has 0 saturated carbocycles. The molecule has 0 aliphatic carbocycles. The van der Waals surface area contributed by atoms with Gasteiger partial charge in [-0.2, -0.15) is 0 Å². The second kappa shape index (κ2) is 13.7. The molecule has 2 rings (SSSR count). The number of hydrogen-bond donors (Lipinski definition) is 2. The Balaban J connectivity index is 1.97. The lowest BCUT2D eigenvalue weighted by Gasteiger charge is -2.23. The molecule has 5 nitrogen and oxygen atoms in total. The van der Waals surface area contributed by atoms with E-state index in [4.69, 9.17) is 0 Å². The second-order valence-corrected chi connectivity index (χ2v) is 9.72. The van der Waals surface area contributed by atoms with Crippen molar-refractivity contribution in [1.82, 2.24) is 10.6 Å². The van der Waals surface area contributed by atoms with Crippen molar-refractivity contribution in [3.8, 4) is 0 Å². The van der Waals surface area contributed by atoms with Gasteiger partial charge in [-0.25, -0.2) is 0 Å². The van der Waals surface area contributed by atoms with Gasteiger partial charge in [0.1, 0.15) is 6.04 Å². The summed E-state index contributed by atoms with van der Waals surface area (Å²) in [4.78, 5) is 37.6. The minimum Gasteiger partial charge on any atom is -0.354 e. The van der Waals surface area contributed by atoms with Crippen LogP contribution in [0.1, 0.15) is 44.7 Å². The third kappa shape index (κ3) is 9.69. The Labute approximate surface area is 195 Å². The standard InChI is InChI=1S/C26H34N2O3S/c1-19(2)18-23(25(30)27-17-16-22-12-8-5-9-13-22)28-26(31)24(32-20(3)29)15-14-21-10-6-4-7-11-21/h4-13,19,23-24H,14-18H2,1-3H3,(H,27,30)(H,28,31). The third-order valence-corrected chi connectivity index (χ3v) is 6.10. The predicted octanol–water partition coefficient (Wildman–Crippen LogP) is 4.16. The van der Waals surface area contributed by atoms with Crippen LogP contribution < -0.4 is 10.6 Å². The zero-order valence-corrected chi connectivity index (χ0v) is 20.0. The maximum absolute atomic E-state index is 13.0. The van der Waals surface area contributed by atoms with E-state index in [0.29, 0.717) is 25.8 Å². The number of carbonyl (C=O) groups is 3. The van der Waals surface area contributed by atoms with Crippen LogP contribution in [0.4, 0.5) is 0 Å². The highest BCUT2D eigenvalue weighted by Crippen LogP contribution is 2.19. The molecule has 2 aromatic rings. The zero-order chi connectivity index (χ0) is 23.3. The number of amides is 2. The molecule has 0 saturated heterocycles. The van der Waals surface area contributed by atoms with Crippen LogP contribution in [0.15, 0.2) is 60.7 Å². The normalized spacial score (nSPS) is 12.8. The highest BCUT2D eigenvalue weighted by Gasteiger charge is 2.27. The molecule has 0 bridgehead atoms. The smallest absolute Gasteiger partial charge is 0.242 e. The van der Waals surface area contributed by atoms with E-state index in [-0.39, 0.29) is 22.8 Å². The van der Waals surface area contributed by atoms with Crippen molar-refractivity contribution in [2.45, 2.75) is 57.7 Å². The number of nitrogens with one attached hydrogen (secondary N) is 2. The number of benzene rings is 2. The Morgan fingerprint density at radius 2 is 1.41 bits per heavy atom. The quantitative estimate of drug-likeness (QED) is 0.505. The van der Waals surface area contributed by atoms with Gasteiger partial charge < -0.3 is 10.6 Å². The topological polar surface area (TPSA) is 75.3 Å². The molecule has 6 heteroatoms. The fraction of sp³-hybridized carbons (Fsp3) is 0.423. The maximum atomic E-state index is 13.0. The molecule has 2 amide bonds. The Hall–Kier alpha value is -2.60. The summed E-state index contributed by atoms with van der Waals surface area (Å²) in [6, 6.07) is 19.2. The van der Waals surface area contributed by atoms with Crippen molar-refractivity contribution in [3.05, 3.63) is 71.8 Å². The van der Waals surface area contributed by atoms with Gasteiger partial charge in [-0.15, -0.1) is 0 Å². The first kappa shape index (κ1) is 25.7. The molecule has 2 atom stereocenters. The van der Waals surface area contributed by atoms with E-state index in [1.165, 1.54) is 6.92 Å². The summed E-state index contributed by atoms with van der Waals surface area (Å²) in [6.07, 6.45) is 2.50. The number of thioether (sulfide) groups is 1. The van der Waals surface area contributed by atoms with Crippen LogP contribution in [0.3, 0.4) is 0 Å². The molecular weight excluding hydrogens is 420 g/mol. The average Bonchev–Trinajstić information content (AvgIpc) is 2.77. The molecule has 0 aromatic heterocycles. The zero-order valence-electron chi connectivity index (χ0n) is 19.2. The van der Waals surface area contributed by atoms with Crippen molar-refractivity contribution < 1.29 is 14.4 Å². The highest BCUT2D eigenvalue weighted by molar-refractivity contribution is 8.14. The van der Waals surface area contributed by atoms with E-state index in [1.807, 2.05) is 74.5 Å². The van der Waals surface area contributed by atoms with E-state index in [2.05, 4.69) is 10.6 Å².